The predicted molar refractivity (Wildman–Crippen MR) is 52.8 cm³/mol. The SMILES string of the molecule is Nc1ccn([C@@H]2CC=C(CO)O2)c(=O)n1. The summed E-state index contributed by atoms with van der Waals surface area (Å²) in [7, 11) is 0. The Balaban J connectivity index is 2.22. The van der Waals surface area contributed by atoms with Crippen molar-refractivity contribution in [1.29, 1.82) is 0 Å². The molecule has 0 saturated heterocycles. The van der Waals surface area contributed by atoms with Crippen LogP contribution in [0.1, 0.15) is 12.6 Å². The number of hydrogen-bond acceptors (Lipinski definition) is 5. The van der Waals surface area contributed by atoms with Crippen molar-refractivity contribution in [2.75, 3.05) is 12.3 Å². The summed E-state index contributed by atoms with van der Waals surface area (Å²) in [5, 5.41) is 8.83. The maximum absolute atomic E-state index is 11.4. The molecule has 6 heteroatoms. The number of nitrogens with two attached hydrogens (primary N) is 1. The standard InChI is InChI=1S/C9H11N3O3/c10-7-3-4-12(9(14)11-7)8-2-1-6(5-13)15-8/h1,3-4,8,13H,2,5H2,(H2,10,11,14)/t8-/m0/s1. The van der Waals surface area contributed by atoms with Gasteiger partial charge < -0.3 is 15.6 Å². The number of hydrogen-bond donors (Lipinski definition) is 2. The molecule has 0 radical (unpaired) electrons. The highest BCUT2D eigenvalue weighted by molar-refractivity contribution is 5.23. The van der Waals surface area contributed by atoms with Crippen LogP contribution in [0.5, 0.6) is 0 Å². The second kappa shape index (κ2) is 3.74. The molecule has 1 aromatic heterocycles. The highest BCUT2D eigenvalue weighted by atomic mass is 16.5. The van der Waals surface area contributed by atoms with Gasteiger partial charge in [0.2, 0.25) is 0 Å². The maximum atomic E-state index is 11.4. The minimum Gasteiger partial charge on any atom is -0.472 e. The first-order valence-electron chi connectivity index (χ1n) is 4.52. The molecule has 80 valence electrons. The van der Waals surface area contributed by atoms with Gasteiger partial charge in [-0.05, 0) is 12.1 Å². The van der Waals surface area contributed by atoms with Gasteiger partial charge in [0.05, 0.1) is 0 Å². The van der Waals surface area contributed by atoms with E-state index in [-0.39, 0.29) is 12.4 Å². The molecule has 0 unspecified atom stereocenters. The largest absolute Gasteiger partial charge is 0.472 e. The molecular weight excluding hydrogens is 198 g/mol. The van der Waals surface area contributed by atoms with E-state index in [0.717, 1.165) is 0 Å². The van der Waals surface area contributed by atoms with E-state index in [2.05, 4.69) is 4.98 Å². The molecule has 6 nitrogen and oxygen atoms in total. The summed E-state index contributed by atoms with van der Waals surface area (Å²) < 4.78 is 6.65. The number of nitrogens with zero attached hydrogens (tertiary/aromatic N) is 2. The van der Waals surface area contributed by atoms with Crippen LogP contribution in [0.4, 0.5) is 5.82 Å². The number of rotatable bonds is 2. The molecule has 0 bridgehead atoms. The van der Waals surface area contributed by atoms with Gasteiger partial charge in [0.25, 0.3) is 0 Å². The van der Waals surface area contributed by atoms with Crippen LogP contribution in [-0.2, 0) is 4.74 Å². The van der Waals surface area contributed by atoms with E-state index in [1.165, 1.54) is 16.8 Å². The van der Waals surface area contributed by atoms with Gasteiger partial charge in [0, 0.05) is 12.6 Å². The lowest BCUT2D eigenvalue weighted by atomic mass is 10.3. The Kier molecular flexibility index (Phi) is 2.42. The van der Waals surface area contributed by atoms with E-state index in [1.54, 1.807) is 6.08 Å². The summed E-state index contributed by atoms with van der Waals surface area (Å²) >= 11 is 0. The molecule has 0 saturated carbocycles. The fraction of sp³-hybridized carbons (Fsp3) is 0.333. The van der Waals surface area contributed by atoms with Crippen LogP contribution in [-0.4, -0.2) is 21.3 Å². The Morgan fingerprint density at radius 3 is 3.13 bits per heavy atom. The van der Waals surface area contributed by atoms with E-state index in [0.29, 0.717) is 12.2 Å². The quantitative estimate of drug-likeness (QED) is 0.693. The summed E-state index contributed by atoms with van der Waals surface area (Å²) in [5.41, 5.74) is 4.91. The highest BCUT2D eigenvalue weighted by Crippen LogP contribution is 2.23. The number of nitrogen functional groups attached to an aromatic ring is 1. The molecule has 0 aliphatic carbocycles. The third-order valence-corrected chi connectivity index (χ3v) is 2.15. The van der Waals surface area contributed by atoms with E-state index in [9.17, 15) is 4.79 Å². The fourth-order valence-corrected chi connectivity index (χ4v) is 1.42. The van der Waals surface area contributed by atoms with E-state index in [1.807, 2.05) is 0 Å². The first-order chi connectivity index (χ1) is 7.20. The molecule has 1 aliphatic rings. The molecule has 15 heavy (non-hydrogen) atoms. The normalized spacial score (nSPS) is 19.8. The fourth-order valence-electron chi connectivity index (χ4n) is 1.42. The molecule has 1 aliphatic heterocycles. The number of aliphatic hydroxyl groups excluding tert-OH is 1. The van der Waals surface area contributed by atoms with Crippen molar-refractivity contribution in [3.8, 4) is 0 Å². The van der Waals surface area contributed by atoms with Crippen LogP contribution >= 0.6 is 0 Å². The van der Waals surface area contributed by atoms with Crippen LogP contribution in [0.25, 0.3) is 0 Å². The summed E-state index contributed by atoms with van der Waals surface area (Å²) in [6.07, 6.45) is 3.39. The third kappa shape index (κ3) is 1.84. The Labute approximate surface area is 85.6 Å². The zero-order chi connectivity index (χ0) is 10.8. The van der Waals surface area contributed by atoms with Crippen LogP contribution in [0.15, 0.2) is 28.9 Å². The van der Waals surface area contributed by atoms with Crippen LogP contribution in [0.2, 0.25) is 0 Å². The highest BCUT2D eigenvalue weighted by Gasteiger charge is 2.20. The summed E-state index contributed by atoms with van der Waals surface area (Å²) in [4.78, 5) is 15.0. The van der Waals surface area contributed by atoms with Crippen molar-refractivity contribution >= 4 is 5.82 Å². The minimum absolute atomic E-state index is 0.159. The van der Waals surface area contributed by atoms with Crippen LogP contribution < -0.4 is 11.4 Å². The van der Waals surface area contributed by atoms with Crippen LogP contribution in [0, 0.1) is 0 Å². The maximum Gasteiger partial charge on any atom is 0.352 e. The zero-order valence-corrected chi connectivity index (χ0v) is 7.96. The van der Waals surface area contributed by atoms with Crippen molar-refractivity contribution in [1.82, 2.24) is 9.55 Å². The van der Waals surface area contributed by atoms with Gasteiger partial charge in [-0.15, -0.1) is 0 Å². The van der Waals surface area contributed by atoms with Gasteiger partial charge in [-0.3, -0.25) is 4.57 Å². The topological polar surface area (TPSA) is 90.4 Å². The molecule has 2 heterocycles. The lowest BCUT2D eigenvalue weighted by molar-refractivity contribution is 0.0593. The monoisotopic (exact) mass is 209 g/mol. The van der Waals surface area contributed by atoms with Crippen molar-refractivity contribution in [3.05, 3.63) is 34.6 Å². The van der Waals surface area contributed by atoms with Crippen molar-refractivity contribution in [2.45, 2.75) is 12.6 Å². The third-order valence-electron chi connectivity index (χ3n) is 2.15. The lowest BCUT2D eigenvalue weighted by Gasteiger charge is -2.14. The molecular formula is C9H11N3O3. The number of anilines is 1. The van der Waals surface area contributed by atoms with Gasteiger partial charge in [0.15, 0.2) is 6.23 Å². The van der Waals surface area contributed by atoms with E-state index < -0.39 is 11.9 Å². The first kappa shape index (κ1) is 9.72. The smallest absolute Gasteiger partial charge is 0.352 e. The Bertz CT molecular complexity index is 452. The van der Waals surface area contributed by atoms with Gasteiger partial charge >= 0.3 is 5.69 Å². The zero-order valence-electron chi connectivity index (χ0n) is 7.96. The Hall–Kier alpha value is -1.82. The molecule has 1 atom stereocenters. The van der Waals surface area contributed by atoms with Gasteiger partial charge in [-0.2, -0.15) is 4.98 Å². The van der Waals surface area contributed by atoms with E-state index >= 15 is 0 Å². The minimum atomic E-state index is -0.451. The second-order valence-corrected chi connectivity index (χ2v) is 3.18. The molecule has 3 N–H and O–H groups in total. The average molecular weight is 209 g/mol. The number of aliphatic hydroxyl groups is 1. The molecule has 0 spiro atoms. The number of ether oxygens (including phenoxy) is 1. The van der Waals surface area contributed by atoms with Gasteiger partial charge in [-0.25, -0.2) is 4.79 Å². The molecule has 2 rings (SSSR count). The molecule has 0 amide bonds. The Morgan fingerprint density at radius 1 is 1.73 bits per heavy atom. The van der Waals surface area contributed by atoms with Crippen molar-refractivity contribution < 1.29 is 9.84 Å². The first-order valence-corrected chi connectivity index (χ1v) is 4.52. The van der Waals surface area contributed by atoms with Crippen LogP contribution in [0.3, 0.4) is 0 Å². The molecule has 1 aromatic rings. The van der Waals surface area contributed by atoms with Crippen molar-refractivity contribution in [2.24, 2.45) is 0 Å². The van der Waals surface area contributed by atoms with E-state index in [4.69, 9.17) is 15.6 Å². The van der Waals surface area contributed by atoms with Gasteiger partial charge in [0.1, 0.15) is 18.2 Å². The Morgan fingerprint density at radius 2 is 2.53 bits per heavy atom. The average Bonchev–Trinajstić information content (AvgIpc) is 2.66. The van der Waals surface area contributed by atoms with Crippen molar-refractivity contribution in [3.63, 3.8) is 0 Å². The van der Waals surface area contributed by atoms with Gasteiger partial charge in [-0.1, -0.05) is 0 Å². The summed E-state index contributed by atoms with van der Waals surface area (Å²) in [5.74, 6) is 0.660. The summed E-state index contributed by atoms with van der Waals surface area (Å²) in [6.45, 7) is -0.159. The molecule has 0 aromatic carbocycles. The second-order valence-electron chi connectivity index (χ2n) is 3.18. The lowest BCUT2D eigenvalue weighted by Crippen LogP contribution is -2.27. The summed E-state index contributed by atoms with van der Waals surface area (Å²) in [6, 6.07) is 1.53. The molecule has 0 fully saturated rings. The number of aromatic nitrogens is 2. The predicted octanol–water partition coefficient (Wildman–Crippen LogP) is -0.379.